The van der Waals surface area contributed by atoms with Gasteiger partial charge in [0, 0.05) is 6.42 Å². The van der Waals surface area contributed by atoms with E-state index in [2.05, 4.69) is 17.9 Å². The Morgan fingerprint density at radius 3 is 2.33 bits per heavy atom. The second kappa shape index (κ2) is 4.04. The van der Waals surface area contributed by atoms with Crippen LogP contribution in [0.2, 0.25) is 0 Å². The Kier molecular flexibility index (Phi) is 3.33. The molecule has 0 radical (unpaired) electrons. The van der Waals surface area contributed by atoms with Crippen LogP contribution in [-0.4, -0.2) is 23.1 Å². The molecule has 86 valence electrons. The highest BCUT2D eigenvalue weighted by Gasteiger charge is 2.43. The average molecular weight is 230 g/mol. The molecule has 0 aliphatic heterocycles. The molecular weight excluding hydrogens is 212 g/mol. The summed E-state index contributed by atoms with van der Waals surface area (Å²) < 4.78 is 0. The van der Waals surface area contributed by atoms with E-state index in [9.17, 15) is 9.59 Å². The van der Waals surface area contributed by atoms with Crippen LogP contribution in [0.5, 0.6) is 0 Å². The number of amides is 2. The van der Waals surface area contributed by atoms with Gasteiger partial charge in [0.05, 0.1) is 0 Å². The molecule has 0 atom stereocenters. The van der Waals surface area contributed by atoms with Crippen molar-refractivity contribution in [2.75, 3.05) is 5.75 Å². The van der Waals surface area contributed by atoms with E-state index in [0.29, 0.717) is 6.42 Å². The molecule has 1 aliphatic rings. The molecule has 15 heavy (non-hydrogen) atoms. The molecule has 3 N–H and O–H groups in total. The fourth-order valence-corrected chi connectivity index (χ4v) is 1.79. The quantitative estimate of drug-likeness (QED) is 0.601. The number of thiol groups is 1. The normalized spacial score (nSPS) is 18.3. The minimum Gasteiger partial charge on any atom is -0.368 e. The maximum atomic E-state index is 11.6. The summed E-state index contributed by atoms with van der Waals surface area (Å²) in [6.45, 7) is 3.21. The topological polar surface area (TPSA) is 72.2 Å². The number of nitrogens with two attached hydrogens (primary N) is 1. The molecule has 0 unspecified atom stereocenters. The van der Waals surface area contributed by atoms with Crippen LogP contribution >= 0.6 is 12.6 Å². The van der Waals surface area contributed by atoms with Gasteiger partial charge >= 0.3 is 0 Å². The average Bonchev–Trinajstić information content (AvgIpc) is 2.84. The van der Waals surface area contributed by atoms with E-state index in [4.69, 9.17) is 5.73 Å². The van der Waals surface area contributed by atoms with E-state index in [1.807, 2.05) is 0 Å². The Morgan fingerprint density at radius 1 is 1.47 bits per heavy atom. The van der Waals surface area contributed by atoms with E-state index in [-0.39, 0.29) is 11.3 Å². The Hall–Kier alpha value is -0.710. The lowest BCUT2D eigenvalue weighted by Gasteiger charge is -2.23. The van der Waals surface area contributed by atoms with Crippen molar-refractivity contribution >= 4 is 24.4 Å². The molecule has 0 aromatic rings. The van der Waals surface area contributed by atoms with Crippen LogP contribution < -0.4 is 11.1 Å². The van der Waals surface area contributed by atoms with Crippen molar-refractivity contribution in [1.29, 1.82) is 0 Å². The first-order valence-electron chi connectivity index (χ1n) is 5.03. The summed E-state index contributed by atoms with van der Waals surface area (Å²) in [5, 5.41) is 2.64. The molecule has 1 saturated carbocycles. The molecule has 0 spiro atoms. The zero-order valence-corrected chi connectivity index (χ0v) is 10.1. The van der Waals surface area contributed by atoms with Gasteiger partial charge in [-0.2, -0.15) is 12.6 Å². The van der Waals surface area contributed by atoms with E-state index >= 15 is 0 Å². The van der Waals surface area contributed by atoms with Crippen LogP contribution in [0.15, 0.2) is 0 Å². The van der Waals surface area contributed by atoms with Crippen LogP contribution in [0.25, 0.3) is 0 Å². The third kappa shape index (κ3) is 3.12. The van der Waals surface area contributed by atoms with E-state index < -0.39 is 11.4 Å². The van der Waals surface area contributed by atoms with E-state index in [0.717, 1.165) is 18.6 Å². The molecule has 0 aromatic heterocycles. The Morgan fingerprint density at radius 2 is 2.00 bits per heavy atom. The summed E-state index contributed by atoms with van der Waals surface area (Å²) in [5.41, 5.74) is 4.26. The van der Waals surface area contributed by atoms with Crippen molar-refractivity contribution in [3.8, 4) is 0 Å². The zero-order valence-electron chi connectivity index (χ0n) is 9.17. The van der Waals surface area contributed by atoms with Gasteiger partial charge in [-0.3, -0.25) is 9.59 Å². The maximum Gasteiger partial charge on any atom is 0.242 e. The maximum absolute atomic E-state index is 11.6. The van der Waals surface area contributed by atoms with Crippen molar-refractivity contribution in [1.82, 2.24) is 5.32 Å². The minimum absolute atomic E-state index is 0.0704. The van der Waals surface area contributed by atoms with Crippen molar-refractivity contribution in [2.45, 2.75) is 38.6 Å². The van der Waals surface area contributed by atoms with E-state index in [1.165, 1.54) is 0 Å². The van der Waals surface area contributed by atoms with Gasteiger partial charge in [0.2, 0.25) is 11.8 Å². The van der Waals surface area contributed by atoms with Crippen LogP contribution in [-0.2, 0) is 9.59 Å². The Balaban J connectivity index is 2.46. The molecule has 1 fully saturated rings. The summed E-state index contributed by atoms with van der Waals surface area (Å²) in [7, 11) is 0. The monoisotopic (exact) mass is 230 g/mol. The molecule has 0 saturated heterocycles. The first-order chi connectivity index (χ1) is 6.81. The third-order valence-corrected chi connectivity index (χ3v) is 3.57. The Bertz CT molecular complexity index is 285. The van der Waals surface area contributed by atoms with Crippen LogP contribution in [0.1, 0.15) is 33.1 Å². The summed E-state index contributed by atoms with van der Waals surface area (Å²) in [6, 6.07) is 0. The van der Waals surface area contributed by atoms with Gasteiger partial charge in [0.1, 0.15) is 5.54 Å². The second-order valence-electron chi connectivity index (χ2n) is 4.87. The predicted molar refractivity (Wildman–Crippen MR) is 61.6 cm³/mol. The number of nitrogens with one attached hydrogen (secondary N) is 1. The van der Waals surface area contributed by atoms with Gasteiger partial charge in [0.15, 0.2) is 0 Å². The highest BCUT2D eigenvalue weighted by Crippen LogP contribution is 2.49. The van der Waals surface area contributed by atoms with Gasteiger partial charge in [-0.1, -0.05) is 0 Å². The van der Waals surface area contributed by atoms with Crippen molar-refractivity contribution in [3.63, 3.8) is 0 Å². The summed E-state index contributed by atoms with van der Waals surface area (Å²) in [4.78, 5) is 22.6. The lowest BCUT2D eigenvalue weighted by Crippen LogP contribution is -2.53. The number of primary amides is 1. The van der Waals surface area contributed by atoms with Crippen molar-refractivity contribution in [2.24, 2.45) is 11.1 Å². The summed E-state index contributed by atoms with van der Waals surface area (Å²) >= 11 is 4.22. The van der Waals surface area contributed by atoms with Crippen molar-refractivity contribution < 1.29 is 9.59 Å². The van der Waals surface area contributed by atoms with Gasteiger partial charge in [-0.15, -0.1) is 0 Å². The van der Waals surface area contributed by atoms with Crippen molar-refractivity contribution in [3.05, 3.63) is 0 Å². The minimum atomic E-state index is -0.968. The highest BCUT2D eigenvalue weighted by molar-refractivity contribution is 7.80. The van der Waals surface area contributed by atoms with Gasteiger partial charge < -0.3 is 11.1 Å². The molecule has 0 bridgehead atoms. The zero-order chi connectivity index (χ0) is 11.7. The number of hydrogen-bond donors (Lipinski definition) is 3. The first kappa shape index (κ1) is 12.4. The van der Waals surface area contributed by atoms with Crippen LogP contribution in [0.3, 0.4) is 0 Å². The molecule has 1 rings (SSSR count). The predicted octanol–water partition coefficient (Wildman–Crippen LogP) is 0.467. The fraction of sp³-hybridized carbons (Fsp3) is 0.800. The molecular formula is C10H18N2O2S. The molecule has 0 heterocycles. The number of hydrogen-bond acceptors (Lipinski definition) is 3. The fourth-order valence-electron chi connectivity index (χ4n) is 1.36. The third-order valence-electron chi connectivity index (χ3n) is 2.90. The Labute approximate surface area is 95.4 Å². The molecule has 4 nitrogen and oxygen atoms in total. The number of carbonyl (C=O) groups excluding carboxylic acids is 2. The molecule has 0 aromatic carbocycles. The second-order valence-corrected chi connectivity index (χ2v) is 5.19. The summed E-state index contributed by atoms with van der Waals surface area (Å²) in [6.07, 6.45) is 2.52. The van der Waals surface area contributed by atoms with Gasteiger partial charge in [-0.25, -0.2) is 0 Å². The number of rotatable bonds is 5. The smallest absolute Gasteiger partial charge is 0.242 e. The number of carbonyl (C=O) groups is 2. The molecule has 5 heteroatoms. The highest BCUT2D eigenvalue weighted by atomic mass is 32.1. The standard InChI is InChI=1S/C10H18N2O2S/c1-9(2,8(11)14)12-7(13)5-10(6-15)3-4-10/h15H,3-6H2,1-2H3,(H2,11,14)(H,12,13). The molecule has 2 amide bonds. The lowest BCUT2D eigenvalue weighted by molar-refractivity contribution is -0.130. The lowest BCUT2D eigenvalue weighted by atomic mass is 10.0. The van der Waals surface area contributed by atoms with E-state index in [1.54, 1.807) is 13.8 Å². The molecule has 1 aliphatic carbocycles. The first-order valence-corrected chi connectivity index (χ1v) is 5.66. The largest absolute Gasteiger partial charge is 0.368 e. The van der Waals surface area contributed by atoms with Crippen LogP contribution in [0.4, 0.5) is 0 Å². The van der Waals surface area contributed by atoms with Gasteiger partial charge in [-0.05, 0) is 37.9 Å². The SMILES string of the molecule is CC(C)(NC(=O)CC1(CS)CC1)C(N)=O. The summed E-state index contributed by atoms with van der Waals surface area (Å²) in [5.74, 6) is 0.0779. The van der Waals surface area contributed by atoms with Gasteiger partial charge in [0.25, 0.3) is 0 Å². The van der Waals surface area contributed by atoms with Crippen LogP contribution in [0, 0.1) is 5.41 Å².